The van der Waals surface area contributed by atoms with E-state index >= 15 is 0 Å². The minimum atomic E-state index is 0.294. The molecule has 11 heteroatoms. The topological polar surface area (TPSA) is 74.1 Å². The van der Waals surface area contributed by atoms with Crippen molar-refractivity contribution >= 4 is 50.9 Å². The molecule has 0 spiro atoms. The van der Waals surface area contributed by atoms with E-state index in [1.807, 2.05) is 48.5 Å². The van der Waals surface area contributed by atoms with Crippen LogP contribution in [-0.2, 0) is 13.2 Å². The second-order valence-electron chi connectivity index (χ2n) is 7.67. The van der Waals surface area contributed by atoms with Gasteiger partial charge in [0.1, 0.15) is 6.61 Å². The van der Waals surface area contributed by atoms with E-state index in [2.05, 4.69) is 36.8 Å². The molecule has 1 aromatic heterocycles. The first kappa shape index (κ1) is 26.8. The first-order valence-electron chi connectivity index (χ1n) is 11.2. The molecule has 0 aliphatic carbocycles. The lowest BCUT2D eigenvalue weighted by atomic mass is 10.1. The minimum absolute atomic E-state index is 0.294. The van der Waals surface area contributed by atoms with Crippen molar-refractivity contribution in [1.29, 1.82) is 0 Å². The van der Waals surface area contributed by atoms with Crippen LogP contribution in [0.1, 0.15) is 17.5 Å². The molecule has 0 atom stereocenters. The Morgan fingerprint density at radius 1 is 1.08 bits per heavy atom. The van der Waals surface area contributed by atoms with E-state index in [4.69, 9.17) is 32.7 Å². The molecule has 4 aromatic rings. The number of hydrogen-bond donors (Lipinski definition) is 1. The summed E-state index contributed by atoms with van der Waals surface area (Å²) >= 11 is 17.6. The highest BCUT2D eigenvalue weighted by Crippen LogP contribution is 2.37. The third kappa shape index (κ3) is 6.92. The van der Waals surface area contributed by atoms with Gasteiger partial charge >= 0.3 is 0 Å². The monoisotopic (exact) mass is 607 g/mol. The fourth-order valence-corrected chi connectivity index (χ4v) is 5.17. The van der Waals surface area contributed by atoms with Crippen LogP contribution >= 0.6 is 50.9 Å². The summed E-state index contributed by atoms with van der Waals surface area (Å²) in [5, 5.41) is 17.5. The van der Waals surface area contributed by atoms with E-state index < -0.39 is 0 Å². The van der Waals surface area contributed by atoms with Gasteiger partial charge in [0, 0.05) is 37.9 Å². The Kier molecular flexibility index (Phi) is 9.89. The minimum Gasteiger partial charge on any atom is -0.493 e. The molecule has 1 heterocycles. The van der Waals surface area contributed by atoms with Gasteiger partial charge in [0.05, 0.1) is 12.8 Å². The lowest BCUT2D eigenvalue weighted by molar-refractivity contribution is 0.280. The van der Waals surface area contributed by atoms with Crippen molar-refractivity contribution in [2.24, 2.45) is 0 Å². The first-order valence-corrected chi connectivity index (χ1v) is 13.7. The average molecular weight is 609 g/mol. The van der Waals surface area contributed by atoms with Crippen LogP contribution in [0.2, 0.25) is 10.0 Å². The smallest absolute Gasteiger partial charge is 0.214 e. The molecule has 0 aliphatic rings. The Morgan fingerprint density at radius 2 is 1.92 bits per heavy atom. The number of nitrogens with zero attached hydrogens (tertiary/aromatic N) is 4. The zero-order chi connectivity index (χ0) is 25.3. The van der Waals surface area contributed by atoms with Gasteiger partial charge in [-0.2, -0.15) is 4.68 Å². The Bertz CT molecular complexity index is 1290. The van der Waals surface area contributed by atoms with Crippen LogP contribution in [0.3, 0.4) is 0 Å². The van der Waals surface area contributed by atoms with Gasteiger partial charge in [-0.1, -0.05) is 75.2 Å². The average Bonchev–Trinajstić information content (AvgIpc) is 3.36. The van der Waals surface area contributed by atoms with Crippen molar-refractivity contribution in [3.05, 3.63) is 86.3 Å². The Morgan fingerprint density at radius 3 is 2.69 bits per heavy atom. The summed E-state index contributed by atoms with van der Waals surface area (Å²) in [6.07, 6.45) is 0.935. The summed E-state index contributed by atoms with van der Waals surface area (Å²) in [7, 11) is 1.63. The molecule has 0 bridgehead atoms. The highest BCUT2D eigenvalue weighted by atomic mass is 79.9. The van der Waals surface area contributed by atoms with E-state index in [1.54, 1.807) is 35.7 Å². The number of aromatic nitrogens is 4. The quantitative estimate of drug-likeness (QED) is 0.144. The molecule has 0 unspecified atom stereocenters. The van der Waals surface area contributed by atoms with E-state index in [9.17, 15) is 0 Å². The Balaban J connectivity index is 1.32. The predicted octanol–water partition coefficient (Wildman–Crippen LogP) is 6.59. The van der Waals surface area contributed by atoms with Gasteiger partial charge in [-0.05, 0) is 59.8 Å². The highest BCUT2D eigenvalue weighted by Gasteiger charge is 2.16. The molecule has 36 heavy (non-hydrogen) atoms. The zero-order valence-corrected chi connectivity index (χ0v) is 23.4. The van der Waals surface area contributed by atoms with Gasteiger partial charge in [0.15, 0.2) is 11.5 Å². The summed E-state index contributed by atoms with van der Waals surface area (Å²) in [6.45, 7) is 1.71. The SMILES string of the molecule is COc1ccc(Br)c(CNCCCSc2nnnn2-c2ccccc2)c1OCc1ccc(Cl)cc1Cl. The number of para-hydroxylation sites is 1. The molecule has 188 valence electrons. The molecule has 0 fully saturated rings. The maximum atomic E-state index is 6.32. The molecule has 0 saturated carbocycles. The third-order valence-electron chi connectivity index (χ3n) is 5.25. The van der Waals surface area contributed by atoms with E-state index in [0.717, 1.165) is 45.2 Å². The number of thioether (sulfide) groups is 1. The largest absolute Gasteiger partial charge is 0.493 e. The van der Waals surface area contributed by atoms with Crippen molar-refractivity contribution in [1.82, 2.24) is 25.5 Å². The number of nitrogens with one attached hydrogen (secondary N) is 1. The van der Waals surface area contributed by atoms with Crippen LogP contribution in [-0.4, -0.2) is 39.6 Å². The Hall–Kier alpha value is -2.30. The number of rotatable bonds is 12. The van der Waals surface area contributed by atoms with Gasteiger partial charge in [-0.3, -0.25) is 0 Å². The maximum Gasteiger partial charge on any atom is 0.214 e. The molecule has 3 aromatic carbocycles. The molecule has 0 amide bonds. The summed E-state index contributed by atoms with van der Waals surface area (Å²) in [5.74, 6) is 2.20. The van der Waals surface area contributed by atoms with Crippen molar-refractivity contribution in [3.63, 3.8) is 0 Å². The zero-order valence-electron chi connectivity index (χ0n) is 19.5. The number of tetrazole rings is 1. The molecule has 0 saturated heterocycles. The fraction of sp³-hybridized carbons (Fsp3) is 0.240. The highest BCUT2D eigenvalue weighted by molar-refractivity contribution is 9.10. The standard InChI is InChI=1S/C25H24BrCl2N5O2S/c1-34-23-11-10-21(26)20(24(23)35-16-17-8-9-18(27)14-22(17)28)15-29-12-5-13-36-25-30-31-32-33(25)19-6-3-2-4-7-19/h2-4,6-11,14,29H,5,12-13,15-16H2,1H3. The Labute approximate surface area is 232 Å². The lowest BCUT2D eigenvalue weighted by Crippen LogP contribution is -2.17. The van der Waals surface area contributed by atoms with Crippen LogP contribution < -0.4 is 14.8 Å². The second kappa shape index (κ2) is 13.3. The molecule has 7 nitrogen and oxygen atoms in total. The van der Waals surface area contributed by atoms with Gasteiger partial charge in [-0.15, -0.1) is 5.10 Å². The molecule has 1 N–H and O–H groups in total. The summed E-state index contributed by atoms with van der Waals surface area (Å²) in [6, 6.07) is 19.1. The van der Waals surface area contributed by atoms with Crippen LogP contribution in [0.5, 0.6) is 11.5 Å². The number of methoxy groups -OCH3 is 1. The molecule has 0 radical (unpaired) electrons. The molecule has 4 rings (SSSR count). The van der Waals surface area contributed by atoms with Crippen molar-refractivity contribution in [3.8, 4) is 17.2 Å². The third-order valence-corrected chi connectivity index (χ3v) is 7.58. The van der Waals surface area contributed by atoms with Gasteiger partial charge in [-0.25, -0.2) is 0 Å². The second-order valence-corrected chi connectivity index (χ2v) is 10.4. The van der Waals surface area contributed by atoms with Crippen molar-refractivity contribution < 1.29 is 9.47 Å². The van der Waals surface area contributed by atoms with Gasteiger partial charge in [0.25, 0.3) is 0 Å². The van der Waals surface area contributed by atoms with Crippen LogP contribution in [0.15, 0.2) is 70.3 Å². The van der Waals surface area contributed by atoms with Crippen molar-refractivity contribution in [2.45, 2.75) is 24.7 Å². The number of hydrogen-bond acceptors (Lipinski definition) is 7. The van der Waals surface area contributed by atoms with E-state index in [0.29, 0.717) is 34.7 Å². The van der Waals surface area contributed by atoms with Gasteiger partial charge in [0.2, 0.25) is 5.16 Å². The number of halogens is 3. The molecular weight excluding hydrogens is 585 g/mol. The summed E-state index contributed by atoms with van der Waals surface area (Å²) < 4.78 is 14.4. The fourth-order valence-electron chi connectivity index (χ4n) is 3.43. The first-order chi connectivity index (χ1) is 17.6. The van der Waals surface area contributed by atoms with E-state index in [-0.39, 0.29) is 0 Å². The molecular formula is C25H24BrCl2N5O2S. The summed E-state index contributed by atoms with van der Waals surface area (Å²) in [4.78, 5) is 0. The lowest BCUT2D eigenvalue weighted by Gasteiger charge is -2.17. The van der Waals surface area contributed by atoms with Crippen LogP contribution in [0, 0.1) is 0 Å². The summed E-state index contributed by atoms with van der Waals surface area (Å²) in [5.41, 5.74) is 2.76. The van der Waals surface area contributed by atoms with Crippen molar-refractivity contribution in [2.75, 3.05) is 19.4 Å². The van der Waals surface area contributed by atoms with Crippen LogP contribution in [0.25, 0.3) is 5.69 Å². The van der Waals surface area contributed by atoms with E-state index in [1.165, 1.54) is 0 Å². The predicted molar refractivity (Wildman–Crippen MR) is 148 cm³/mol. The molecule has 0 aliphatic heterocycles. The maximum absolute atomic E-state index is 6.32. The van der Waals surface area contributed by atoms with Crippen LogP contribution in [0.4, 0.5) is 0 Å². The number of ether oxygens (including phenoxy) is 2. The number of benzene rings is 3. The van der Waals surface area contributed by atoms with Gasteiger partial charge < -0.3 is 14.8 Å². The normalized spacial score (nSPS) is 11.0.